The van der Waals surface area contributed by atoms with Gasteiger partial charge in [0.2, 0.25) is 0 Å². The molecule has 8 heteroatoms. The van der Waals surface area contributed by atoms with E-state index < -0.39 is 29.3 Å². The second-order valence-corrected chi connectivity index (χ2v) is 5.01. The number of carbonyl (C=O) groups is 3. The summed E-state index contributed by atoms with van der Waals surface area (Å²) in [5.74, 6) is -1.13. The Kier molecular flexibility index (Phi) is 2.82. The van der Waals surface area contributed by atoms with Crippen LogP contribution >= 0.6 is 0 Å². The van der Waals surface area contributed by atoms with E-state index in [9.17, 15) is 18.8 Å². The topological polar surface area (TPSA) is 99.3 Å². The van der Waals surface area contributed by atoms with Gasteiger partial charge in [-0.1, -0.05) is 0 Å². The molecule has 0 aromatic heterocycles. The van der Waals surface area contributed by atoms with Gasteiger partial charge >= 0.3 is 12.1 Å². The fourth-order valence-electron chi connectivity index (χ4n) is 2.82. The van der Waals surface area contributed by atoms with Crippen LogP contribution in [-0.2, 0) is 16.8 Å². The highest BCUT2D eigenvalue weighted by molar-refractivity contribution is 6.08. The Labute approximate surface area is 119 Å². The third-order valence-corrected chi connectivity index (χ3v) is 3.84. The SMILES string of the molecule is CNC(=O)Nc1cc2c(cc1F)[C@@]1(CC2)NC(=O)NC1=O. The Morgan fingerprint density at radius 3 is 2.76 bits per heavy atom. The lowest BCUT2D eigenvalue weighted by Gasteiger charge is -2.21. The number of fused-ring (bicyclic) bond motifs is 2. The zero-order valence-corrected chi connectivity index (χ0v) is 11.2. The summed E-state index contributed by atoms with van der Waals surface area (Å²) in [5.41, 5.74) is -0.000410. The van der Waals surface area contributed by atoms with E-state index in [-0.39, 0.29) is 5.69 Å². The first-order chi connectivity index (χ1) is 9.96. The van der Waals surface area contributed by atoms with Gasteiger partial charge in [-0.05, 0) is 36.1 Å². The third-order valence-electron chi connectivity index (χ3n) is 3.84. The lowest BCUT2D eigenvalue weighted by molar-refractivity contribution is -0.124. The van der Waals surface area contributed by atoms with Crippen molar-refractivity contribution in [2.45, 2.75) is 18.4 Å². The lowest BCUT2D eigenvalue weighted by atomic mass is 9.92. The average molecular weight is 292 g/mol. The van der Waals surface area contributed by atoms with Crippen LogP contribution in [0.2, 0.25) is 0 Å². The molecule has 1 aliphatic heterocycles. The predicted octanol–water partition coefficient (Wildman–Crippen LogP) is 0.558. The summed E-state index contributed by atoms with van der Waals surface area (Å²) in [6.07, 6.45) is 0.870. The van der Waals surface area contributed by atoms with Crippen LogP contribution in [0.1, 0.15) is 17.5 Å². The van der Waals surface area contributed by atoms with Gasteiger partial charge in [0.1, 0.15) is 11.4 Å². The summed E-state index contributed by atoms with van der Waals surface area (Å²) in [4.78, 5) is 34.6. The zero-order chi connectivity index (χ0) is 15.2. The molecule has 0 saturated carbocycles. The Balaban J connectivity index is 2.02. The van der Waals surface area contributed by atoms with Gasteiger partial charge < -0.3 is 16.0 Å². The summed E-state index contributed by atoms with van der Waals surface area (Å²) >= 11 is 0. The van der Waals surface area contributed by atoms with Crippen molar-refractivity contribution in [3.63, 3.8) is 0 Å². The highest BCUT2D eigenvalue weighted by atomic mass is 19.1. The Hall–Kier alpha value is -2.64. The number of carbonyl (C=O) groups excluding carboxylic acids is 3. The Morgan fingerprint density at radius 2 is 2.14 bits per heavy atom. The van der Waals surface area contributed by atoms with Crippen LogP contribution in [0.5, 0.6) is 0 Å². The summed E-state index contributed by atoms with van der Waals surface area (Å²) in [6.45, 7) is 0. The van der Waals surface area contributed by atoms with Gasteiger partial charge in [0.05, 0.1) is 5.69 Å². The smallest absolute Gasteiger partial charge is 0.322 e. The van der Waals surface area contributed by atoms with Crippen LogP contribution in [-0.4, -0.2) is 25.0 Å². The van der Waals surface area contributed by atoms with Gasteiger partial charge in [-0.15, -0.1) is 0 Å². The quantitative estimate of drug-likeness (QED) is 0.569. The van der Waals surface area contributed by atoms with Gasteiger partial charge in [-0.3, -0.25) is 10.1 Å². The monoisotopic (exact) mass is 292 g/mol. The molecule has 1 spiro atoms. The molecule has 1 aromatic rings. The van der Waals surface area contributed by atoms with Crippen LogP contribution in [0.4, 0.5) is 19.7 Å². The molecule has 21 heavy (non-hydrogen) atoms. The van der Waals surface area contributed by atoms with E-state index in [0.29, 0.717) is 18.4 Å². The first-order valence-electron chi connectivity index (χ1n) is 6.41. The first-order valence-corrected chi connectivity index (χ1v) is 6.41. The number of anilines is 1. The fraction of sp³-hybridized carbons (Fsp3) is 0.308. The number of nitrogens with one attached hydrogen (secondary N) is 4. The summed E-state index contributed by atoms with van der Waals surface area (Å²) in [7, 11) is 1.42. The van der Waals surface area contributed by atoms with E-state index in [1.807, 2.05) is 0 Å². The molecule has 110 valence electrons. The average Bonchev–Trinajstić information content (AvgIpc) is 2.92. The van der Waals surface area contributed by atoms with Crippen LogP contribution in [0.15, 0.2) is 12.1 Å². The van der Waals surface area contributed by atoms with Gasteiger partial charge in [-0.25, -0.2) is 14.0 Å². The van der Waals surface area contributed by atoms with Crippen LogP contribution in [0.3, 0.4) is 0 Å². The molecule has 2 aliphatic rings. The van der Waals surface area contributed by atoms with Crippen molar-refractivity contribution < 1.29 is 18.8 Å². The summed E-state index contributed by atoms with van der Waals surface area (Å²) in [5, 5.41) is 9.45. The number of halogens is 1. The van der Waals surface area contributed by atoms with Crippen molar-refractivity contribution >= 4 is 23.7 Å². The molecule has 0 radical (unpaired) electrons. The largest absolute Gasteiger partial charge is 0.341 e. The van der Waals surface area contributed by atoms with E-state index in [1.54, 1.807) is 0 Å². The molecule has 3 rings (SSSR count). The minimum atomic E-state index is -1.20. The van der Waals surface area contributed by atoms with E-state index >= 15 is 0 Å². The number of benzene rings is 1. The van der Waals surface area contributed by atoms with Crippen molar-refractivity contribution in [3.8, 4) is 0 Å². The van der Waals surface area contributed by atoms with Gasteiger partial charge in [0.15, 0.2) is 0 Å². The molecule has 7 nitrogen and oxygen atoms in total. The predicted molar refractivity (Wildman–Crippen MR) is 71.2 cm³/mol. The molecule has 1 atom stereocenters. The molecule has 1 saturated heterocycles. The molecule has 0 unspecified atom stereocenters. The second-order valence-electron chi connectivity index (χ2n) is 5.01. The highest BCUT2D eigenvalue weighted by Crippen LogP contribution is 2.41. The van der Waals surface area contributed by atoms with E-state index in [0.717, 1.165) is 5.56 Å². The number of urea groups is 2. The van der Waals surface area contributed by atoms with Crippen LogP contribution in [0, 0.1) is 5.82 Å². The van der Waals surface area contributed by atoms with Crippen LogP contribution in [0.25, 0.3) is 0 Å². The number of hydrogen-bond donors (Lipinski definition) is 4. The maximum absolute atomic E-state index is 14.1. The number of rotatable bonds is 1. The first kappa shape index (κ1) is 13.3. The minimum absolute atomic E-state index is 0.0369. The van der Waals surface area contributed by atoms with Crippen molar-refractivity contribution in [3.05, 3.63) is 29.1 Å². The van der Waals surface area contributed by atoms with Crippen molar-refractivity contribution in [1.29, 1.82) is 0 Å². The van der Waals surface area contributed by atoms with E-state index in [4.69, 9.17) is 0 Å². The Morgan fingerprint density at radius 1 is 1.38 bits per heavy atom. The van der Waals surface area contributed by atoms with Gasteiger partial charge in [0.25, 0.3) is 5.91 Å². The number of hydrogen-bond acceptors (Lipinski definition) is 3. The number of aryl methyl sites for hydroxylation is 1. The maximum atomic E-state index is 14.1. The molecule has 1 aliphatic carbocycles. The molecular formula is C13H13FN4O3. The highest BCUT2D eigenvalue weighted by Gasteiger charge is 2.51. The molecule has 0 bridgehead atoms. The maximum Gasteiger partial charge on any atom is 0.322 e. The summed E-state index contributed by atoms with van der Waals surface area (Å²) in [6, 6.07) is 1.57. The van der Waals surface area contributed by atoms with Gasteiger partial charge in [-0.2, -0.15) is 0 Å². The molecule has 1 aromatic carbocycles. The van der Waals surface area contributed by atoms with Crippen molar-refractivity contribution in [1.82, 2.24) is 16.0 Å². The molecule has 5 amide bonds. The molecule has 4 N–H and O–H groups in total. The molecule has 1 fully saturated rings. The fourth-order valence-corrected chi connectivity index (χ4v) is 2.82. The summed E-state index contributed by atoms with van der Waals surface area (Å²) < 4.78 is 14.1. The van der Waals surface area contributed by atoms with Gasteiger partial charge in [0, 0.05) is 7.05 Å². The number of amides is 5. The second kappa shape index (κ2) is 4.44. The minimum Gasteiger partial charge on any atom is -0.341 e. The lowest BCUT2D eigenvalue weighted by Crippen LogP contribution is -2.41. The van der Waals surface area contributed by atoms with Crippen LogP contribution < -0.4 is 21.3 Å². The molecule has 1 heterocycles. The molecular weight excluding hydrogens is 279 g/mol. The van der Waals surface area contributed by atoms with Crippen molar-refractivity contribution in [2.75, 3.05) is 12.4 Å². The standard InChI is InChI=1S/C13H13FN4O3/c1-15-11(20)16-9-4-6-2-3-13(7(6)5-8(9)14)10(19)17-12(21)18-13/h4-5H,2-3H2,1H3,(H2,15,16,20)(H2,17,18,19,21)/t13-/m1/s1. The van der Waals surface area contributed by atoms with Crippen molar-refractivity contribution in [2.24, 2.45) is 0 Å². The Bertz CT molecular complexity index is 676. The van der Waals surface area contributed by atoms with E-state index in [2.05, 4.69) is 21.3 Å². The zero-order valence-electron chi connectivity index (χ0n) is 11.2. The third kappa shape index (κ3) is 1.91. The normalized spacial score (nSPS) is 22.8. The number of imide groups is 1. The van der Waals surface area contributed by atoms with E-state index in [1.165, 1.54) is 19.2 Å².